The topological polar surface area (TPSA) is 68.9 Å². The van der Waals surface area contributed by atoms with Crippen LogP contribution in [0.5, 0.6) is 0 Å². The van der Waals surface area contributed by atoms with E-state index in [1.165, 1.54) is 42.5 Å². The fourth-order valence-electron chi connectivity index (χ4n) is 2.92. The number of benzene rings is 1. The second-order valence-electron chi connectivity index (χ2n) is 6.53. The minimum atomic E-state index is -0.364. The number of hydrogen-bond donors (Lipinski definition) is 1. The number of carbonyl (C=O) groups excluding carboxylic acids is 1. The number of unbranched alkanes of at least 4 members (excludes halogenated alkanes) is 4. The Morgan fingerprint density at radius 1 is 1.19 bits per heavy atom. The van der Waals surface area contributed by atoms with Crippen LogP contribution in [-0.2, 0) is 4.79 Å². The Bertz CT molecular complexity index is 810. The summed E-state index contributed by atoms with van der Waals surface area (Å²) in [5.74, 6) is -0.256. The zero-order chi connectivity index (χ0) is 18.5. The SMILES string of the molecule is CCCCCCCC1=NN2C(=N)/C(=C\c3ccccc3C)C(=O)N=C2S1. The summed E-state index contributed by atoms with van der Waals surface area (Å²) in [7, 11) is 0. The Balaban J connectivity index is 1.73. The monoisotopic (exact) mass is 368 g/mol. The van der Waals surface area contributed by atoms with Gasteiger partial charge in [0.15, 0.2) is 5.84 Å². The fourth-order valence-corrected chi connectivity index (χ4v) is 3.84. The van der Waals surface area contributed by atoms with E-state index in [0.29, 0.717) is 5.17 Å². The Kier molecular flexibility index (Phi) is 6.04. The minimum Gasteiger partial charge on any atom is -0.282 e. The molecule has 1 aromatic rings. The van der Waals surface area contributed by atoms with Crippen LogP contribution in [0.2, 0.25) is 0 Å². The third-order valence-corrected chi connectivity index (χ3v) is 5.45. The zero-order valence-electron chi connectivity index (χ0n) is 15.3. The van der Waals surface area contributed by atoms with Gasteiger partial charge in [-0.25, -0.2) is 0 Å². The Labute approximate surface area is 158 Å². The van der Waals surface area contributed by atoms with Gasteiger partial charge in [-0.05, 0) is 48.7 Å². The minimum absolute atomic E-state index is 0.108. The maximum Gasteiger partial charge on any atom is 0.283 e. The largest absolute Gasteiger partial charge is 0.283 e. The molecule has 136 valence electrons. The maximum absolute atomic E-state index is 12.4. The van der Waals surface area contributed by atoms with Crippen LogP contribution in [0.15, 0.2) is 39.9 Å². The molecule has 2 aliphatic rings. The van der Waals surface area contributed by atoms with Gasteiger partial charge in [-0.15, -0.1) is 0 Å². The van der Waals surface area contributed by atoms with E-state index < -0.39 is 0 Å². The summed E-state index contributed by atoms with van der Waals surface area (Å²) in [6, 6.07) is 7.80. The number of amidine groups is 2. The van der Waals surface area contributed by atoms with Crippen LogP contribution in [0.25, 0.3) is 6.08 Å². The first-order valence-corrected chi connectivity index (χ1v) is 9.96. The molecule has 0 saturated heterocycles. The highest BCUT2D eigenvalue weighted by Gasteiger charge is 2.35. The maximum atomic E-state index is 12.4. The van der Waals surface area contributed by atoms with E-state index in [1.807, 2.05) is 31.2 Å². The predicted molar refractivity (Wildman–Crippen MR) is 110 cm³/mol. The number of aryl methyl sites for hydroxylation is 1. The van der Waals surface area contributed by atoms with Crippen molar-refractivity contribution in [2.45, 2.75) is 52.4 Å². The van der Waals surface area contributed by atoms with Crippen molar-refractivity contribution in [3.05, 3.63) is 41.0 Å². The van der Waals surface area contributed by atoms with Gasteiger partial charge in [0.2, 0.25) is 5.17 Å². The first-order valence-electron chi connectivity index (χ1n) is 9.15. The number of hydrogen-bond acceptors (Lipinski definition) is 4. The molecule has 26 heavy (non-hydrogen) atoms. The molecule has 3 rings (SSSR count). The third-order valence-electron chi connectivity index (χ3n) is 4.48. The molecule has 0 fully saturated rings. The third kappa shape index (κ3) is 4.12. The molecule has 0 atom stereocenters. The fraction of sp³-hybridized carbons (Fsp3) is 0.400. The van der Waals surface area contributed by atoms with Crippen molar-refractivity contribution >= 4 is 39.8 Å². The van der Waals surface area contributed by atoms with Gasteiger partial charge in [-0.1, -0.05) is 56.9 Å². The Hall–Kier alpha value is -2.21. The Morgan fingerprint density at radius 3 is 2.73 bits per heavy atom. The molecule has 0 unspecified atom stereocenters. The molecular weight excluding hydrogens is 344 g/mol. The molecule has 0 aliphatic carbocycles. The zero-order valence-corrected chi connectivity index (χ0v) is 16.1. The average Bonchev–Trinajstić information content (AvgIpc) is 3.03. The van der Waals surface area contributed by atoms with Gasteiger partial charge in [0, 0.05) is 0 Å². The molecule has 2 aliphatic heterocycles. The van der Waals surface area contributed by atoms with Crippen LogP contribution in [0.4, 0.5) is 0 Å². The highest BCUT2D eigenvalue weighted by Crippen LogP contribution is 2.30. The van der Waals surface area contributed by atoms with E-state index in [-0.39, 0.29) is 17.3 Å². The number of nitrogens with one attached hydrogen (secondary N) is 1. The normalized spacial score (nSPS) is 18.2. The lowest BCUT2D eigenvalue weighted by Crippen LogP contribution is -2.35. The van der Waals surface area contributed by atoms with Crippen molar-refractivity contribution in [2.75, 3.05) is 0 Å². The van der Waals surface area contributed by atoms with Crippen molar-refractivity contribution in [3.63, 3.8) is 0 Å². The van der Waals surface area contributed by atoms with E-state index in [9.17, 15) is 4.79 Å². The van der Waals surface area contributed by atoms with Crippen LogP contribution >= 0.6 is 11.8 Å². The molecule has 0 aromatic heterocycles. The molecule has 0 radical (unpaired) electrons. The molecule has 0 bridgehead atoms. The molecule has 5 nitrogen and oxygen atoms in total. The molecular formula is C20H24N4OS. The van der Waals surface area contributed by atoms with E-state index in [4.69, 9.17) is 5.41 Å². The van der Waals surface area contributed by atoms with Crippen LogP contribution in [-0.4, -0.2) is 27.0 Å². The van der Waals surface area contributed by atoms with Crippen LogP contribution < -0.4 is 0 Å². The smallest absolute Gasteiger partial charge is 0.282 e. The van der Waals surface area contributed by atoms with Gasteiger partial charge in [-0.2, -0.15) is 15.1 Å². The molecule has 6 heteroatoms. The second-order valence-corrected chi connectivity index (χ2v) is 7.58. The van der Waals surface area contributed by atoms with Crippen LogP contribution in [0.1, 0.15) is 56.6 Å². The van der Waals surface area contributed by atoms with E-state index >= 15 is 0 Å². The molecule has 1 amide bonds. The lowest BCUT2D eigenvalue weighted by Gasteiger charge is -2.20. The van der Waals surface area contributed by atoms with Crippen molar-refractivity contribution in [1.29, 1.82) is 5.41 Å². The number of fused-ring (bicyclic) bond motifs is 1. The van der Waals surface area contributed by atoms with Gasteiger partial charge in [0.05, 0.1) is 5.57 Å². The number of rotatable bonds is 7. The number of nitrogens with zero attached hydrogens (tertiary/aromatic N) is 3. The van der Waals surface area contributed by atoms with E-state index in [1.54, 1.807) is 6.08 Å². The number of thioether (sulfide) groups is 1. The van der Waals surface area contributed by atoms with Gasteiger partial charge in [-0.3, -0.25) is 10.2 Å². The number of amides is 1. The molecule has 2 heterocycles. The van der Waals surface area contributed by atoms with E-state index in [0.717, 1.165) is 29.0 Å². The lowest BCUT2D eigenvalue weighted by molar-refractivity contribution is -0.114. The predicted octanol–water partition coefficient (Wildman–Crippen LogP) is 4.97. The second kappa shape index (κ2) is 8.45. The van der Waals surface area contributed by atoms with Crippen molar-refractivity contribution in [1.82, 2.24) is 5.01 Å². The molecule has 0 spiro atoms. The molecule has 1 N–H and O–H groups in total. The highest BCUT2D eigenvalue weighted by molar-refractivity contribution is 8.26. The Morgan fingerprint density at radius 2 is 1.96 bits per heavy atom. The van der Waals surface area contributed by atoms with Crippen LogP contribution in [0.3, 0.4) is 0 Å². The number of hydrazone groups is 1. The van der Waals surface area contributed by atoms with Gasteiger partial charge in [0.1, 0.15) is 5.04 Å². The van der Waals surface area contributed by atoms with Crippen molar-refractivity contribution in [2.24, 2.45) is 10.1 Å². The molecule has 1 aromatic carbocycles. The van der Waals surface area contributed by atoms with Crippen molar-refractivity contribution in [3.8, 4) is 0 Å². The molecule has 0 saturated carbocycles. The summed E-state index contributed by atoms with van der Waals surface area (Å²) >= 11 is 1.41. The summed E-state index contributed by atoms with van der Waals surface area (Å²) in [6.07, 6.45) is 8.64. The standard InChI is InChI=1S/C20H24N4OS/c1-3-4-5-6-7-12-17-23-24-18(21)16(19(25)22-20(24)26-17)13-15-11-9-8-10-14(15)2/h8-11,13,21H,3-7,12H2,1-2H3/b16-13+,21-18?. The summed E-state index contributed by atoms with van der Waals surface area (Å²) in [5, 5.41) is 15.9. The number of aliphatic imine (C=N–C) groups is 1. The highest BCUT2D eigenvalue weighted by atomic mass is 32.2. The lowest BCUT2D eigenvalue weighted by atomic mass is 10.0. The first kappa shape index (κ1) is 18.6. The summed E-state index contributed by atoms with van der Waals surface area (Å²) in [6.45, 7) is 4.19. The number of carbonyl (C=O) groups is 1. The van der Waals surface area contributed by atoms with Gasteiger partial charge in [0.25, 0.3) is 5.91 Å². The van der Waals surface area contributed by atoms with Crippen molar-refractivity contribution < 1.29 is 4.79 Å². The van der Waals surface area contributed by atoms with Gasteiger partial charge < -0.3 is 0 Å². The average molecular weight is 369 g/mol. The summed E-state index contributed by atoms with van der Waals surface area (Å²) < 4.78 is 0. The van der Waals surface area contributed by atoms with Gasteiger partial charge >= 0.3 is 0 Å². The summed E-state index contributed by atoms with van der Waals surface area (Å²) in [5.41, 5.74) is 2.27. The first-order chi connectivity index (χ1) is 12.6. The van der Waals surface area contributed by atoms with Crippen LogP contribution in [0, 0.1) is 12.3 Å². The quantitative estimate of drug-likeness (QED) is 0.545. The summed E-state index contributed by atoms with van der Waals surface area (Å²) in [4.78, 5) is 16.6. The van der Waals surface area contributed by atoms with E-state index in [2.05, 4.69) is 17.0 Å².